The molecular formula is C24H28N6O. The first-order valence-electron chi connectivity index (χ1n) is 11.0. The fourth-order valence-electron chi connectivity index (χ4n) is 4.95. The van der Waals surface area contributed by atoms with Crippen molar-refractivity contribution in [1.29, 1.82) is 0 Å². The summed E-state index contributed by atoms with van der Waals surface area (Å²) in [7, 11) is 0. The monoisotopic (exact) mass is 416 g/mol. The summed E-state index contributed by atoms with van der Waals surface area (Å²) in [6.45, 7) is 7.69. The molecule has 3 aromatic rings. The first kappa shape index (κ1) is 19.7. The van der Waals surface area contributed by atoms with Gasteiger partial charge in [0.1, 0.15) is 0 Å². The Morgan fingerprint density at radius 3 is 2.58 bits per heavy atom. The molecule has 1 amide bonds. The fraction of sp³-hybridized carbons (Fsp3) is 0.417. The molecule has 0 radical (unpaired) electrons. The summed E-state index contributed by atoms with van der Waals surface area (Å²) >= 11 is 0. The standard InChI is InChI=1S/C24H28N6O/c1-16-13-18(3)30(27-16)23-11-10-22(25-26-23)28-12-6-8-20(15-28)24(31)29-17(2)14-19-7-4-5-9-21(19)29/h4-5,7,9-11,13,17,20H,6,8,12,14-15H2,1-3H3. The van der Waals surface area contributed by atoms with Gasteiger partial charge in [-0.3, -0.25) is 4.79 Å². The van der Waals surface area contributed by atoms with E-state index in [1.165, 1.54) is 5.56 Å². The van der Waals surface area contributed by atoms with Gasteiger partial charge in [-0.25, -0.2) is 4.68 Å². The Hall–Kier alpha value is -3.22. The number of para-hydroxylation sites is 1. The molecule has 2 aliphatic rings. The van der Waals surface area contributed by atoms with Gasteiger partial charge in [0.2, 0.25) is 5.91 Å². The zero-order valence-electron chi connectivity index (χ0n) is 18.3. The summed E-state index contributed by atoms with van der Waals surface area (Å²) in [5.41, 5.74) is 4.33. The van der Waals surface area contributed by atoms with Gasteiger partial charge in [-0.1, -0.05) is 18.2 Å². The van der Waals surface area contributed by atoms with Gasteiger partial charge in [0, 0.05) is 30.5 Å². The van der Waals surface area contributed by atoms with Crippen LogP contribution >= 0.6 is 0 Å². The van der Waals surface area contributed by atoms with Crippen LogP contribution in [-0.2, 0) is 11.2 Å². The van der Waals surface area contributed by atoms with Crippen LogP contribution < -0.4 is 9.80 Å². The maximum Gasteiger partial charge on any atom is 0.232 e. The van der Waals surface area contributed by atoms with E-state index in [9.17, 15) is 4.79 Å². The minimum atomic E-state index is -0.0279. The Bertz CT molecular complexity index is 1110. The number of amides is 1. The number of carbonyl (C=O) groups is 1. The normalized spacial score (nSPS) is 20.7. The van der Waals surface area contributed by atoms with E-state index in [1.807, 2.05) is 43.0 Å². The van der Waals surface area contributed by atoms with Crippen LogP contribution in [0.5, 0.6) is 0 Å². The van der Waals surface area contributed by atoms with E-state index in [-0.39, 0.29) is 17.9 Å². The molecule has 5 rings (SSSR count). The molecule has 2 aromatic heterocycles. The molecule has 2 unspecified atom stereocenters. The van der Waals surface area contributed by atoms with Crippen LogP contribution in [0.4, 0.5) is 11.5 Å². The predicted octanol–water partition coefficient (Wildman–Crippen LogP) is 3.47. The number of aryl methyl sites for hydroxylation is 2. The minimum absolute atomic E-state index is 0.0279. The van der Waals surface area contributed by atoms with Gasteiger partial charge in [0.15, 0.2) is 11.6 Å². The Morgan fingerprint density at radius 2 is 1.84 bits per heavy atom. The number of nitrogens with zero attached hydrogens (tertiary/aromatic N) is 6. The van der Waals surface area contributed by atoms with Gasteiger partial charge >= 0.3 is 0 Å². The lowest BCUT2D eigenvalue weighted by molar-refractivity contribution is -0.122. The third kappa shape index (κ3) is 3.58. The molecule has 31 heavy (non-hydrogen) atoms. The molecule has 7 nitrogen and oxygen atoms in total. The van der Waals surface area contributed by atoms with Crippen LogP contribution in [0.2, 0.25) is 0 Å². The van der Waals surface area contributed by atoms with Gasteiger partial charge in [-0.15, -0.1) is 10.2 Å². The molecule has 160 valence electrons. The first-order chi connectivity index (χ1) is 15.0. The van der Waals surface area contributed by atoms with Crippen molar-refractivity contribution in [2.45, 2.75) is 46.1 Å². The lowest BCUT2D eigenvalue weighted by atomic mass is 9.96. The fourth-order valence-corrected chi connectivity index (χ4v) is 4.95. The Balaban J connectivity index is 1.33. The van der Waals surface area contributed by atoms with Crippen molar-refractivity contribution in [3.63, 3.8) is 0 Å². The molecule has 0 aliphatic carbocycles. The van der Waals surface area contributed by atoms with Crippen molar-refractivity contribution in [3.05, 3.63) is 59.4 Å². The Labute approximate surface area is 182 Å². The summed E-state index contributed by atoms with van der Waals surface area (Å²) in [4.78, 5) is 17.7. The van der Waals surface area contributed by atoms with Crippen molar-refractivity contribution in [1.82, 2.24) is 20.0 Å². The molecule has 0 saturated carbocycles. The summed E-state index contributed by atoms with van der Waals surface area (Å²) in [6.07, 6.45) is 2.82. The molecule has 1 saturated heterocycles. The van der Waals surface area contributed by atoms with Crippen molar-refractivity contribution in [2.24, 2.45) is 5.92 Å². The second-order valence-electron chi connectivity index (χ2n) is 8.76. The average molecular weight is 417 g/mol. The Morgan fingerprint density at radius 1 is 1.06 bits per heavy atom. The van der Waals surface area contributed by atoms with E-state index in [1.54, 1.807) is 4.68 Å². The number of hydrogen-bond donors (Lipinski definition) is 0. The van der Waals surface area contributed by atoms with Crippen LogP contribution in [0.1, 0.15) is 36.7 Å². The first-order valence-corrected chi connectivity index (χ1v) is 11.0. The van der Waals surface area contributed by atoms with Crippen molar-refractivity contribution in [2.75, 3.05) is 22.9 Å². The molecule has 0 N–H and O–H groups in total. The predicted molar refractivity (Wildman–Crippen MR) is 121 cm³/mol. The number of anilines is 2. The van der Waals surface area contributed by atoms with Gasteiger partial charge in [0.05, 0.1) is 11.6 Å². The molecule has 2 aliphatic heterocycles. The maximum atomic E-state index is 13.5. The van der Waals surface area contributed by atoms with Crippen LogP contribution in [-0.4, -0.2) is 45.0 Å². The van der Waals surface area contributed by atoms with Gasteiger partial charge < -0.3 is 9.80 Å². The third-order valence-corrected chi connectivity index (χ3v) is 6.40. The van der Waals surface area contributed by atoms with E-state index in [0.29, 0.717) is 12.4 Å². The van der Waals surface area contributed by atoms with Crippen molar-refractivity contribution < 1.29 is 4.79 Å². The number of hydrogen-bond acceptors (Lipinski definition) is 5. The van der Waals surface area contributed by atoms with Crippen molar-refractivity contribution >= 4 is 17.4 Å². The zero-order valence-corrected chi connectivity index (χ0v) is 18.3. The van der Waals surface area contributed by atoms with E-state index < -0.39 is 0 Å². The van der Waals surface area contributed by atoms with Crippen LogP contribution in [0.15, 0.2) is 42.5 Å². The summed E-state index contributed by atoms with van der Waals surface area (Å²) in [6, 6.07) is 14.4. The van der Waals surface area contributed by atoms with Crippen LogP contribution in [0, 0.1) is 19.8 Å². The molecule has 0 bridgehead atoms. The SMILES string of the molecule is Cc1cc(C)n(-c2ccc(N3CCCC(C(=O)N4c5ccccc5CC4C)C3)nn2)n1. The largest absolute Gasteiger partial charge is 0.354 e. The summed E-state index contributed by atoms with van der Waals surface area (Å²) < 4.78 is 1.81. The Kier molecular flexibility index (Phi) is 4.96. The van der Waals surface area contributed by atoms with Gasteiger partial charge in [-0.05, 0) is 69.9 Å². The second-order valence-corrected chi connectivity index (χ2v) is 8.76. The molecule has 0 spiro atoms. The highest BCUT2D eigenvalue weighted by atomic mass is 16.2. The topological polar surface area (TPSA) is 67.2 Å². The number of fused-ring (bicyclic) bond motifs is 1. The highest BCUT2D eigenvalue weighted by Crippen LogP contribution is 2.34. The van der Waals surface area contributed by atoms with Gasteiger partial charge in [-0.2, -0.15) is 5.10 Å². The maximum absolute atomic E-state index is 13.5. The lowest BCUT2D eigenvalue weighted by Crippen LogP contribution is -2.47. The third-order valence-electron chi connectivity index (χ3n) is 6.40. The highest BCUT2D eigenvalue weighted by Gasteiger charge is 2.36. The molecule has 2 atom stereocenters. The number of carbonyl (C=O) groups excluding carboxylic acids is 1. The highest BCUT2D eigenvalue weighted by molar-refractivity contribution is 5.98. The zero-order chi connectivity index (χ0) is 21.5. The molecule has 7 heteroatoms. The van der Waals surface area contributed by atoms with Gasteiger partial charge in [0.25, 0.3) is 0 Å². The minimum Gasteiger partial charge on any atom is -0.354 e. The quantitative estimate of drug-likeness (QED) is 0.654. The smallest absolute Gasteiger partial charge is 0.232 e. The second kappa shape index (κ2) is 7.80. The molecule has 1 fully saturated rings. The number of aromatic nitrogens is 4. The lowest BCUT2D eigenvalue weighted by Gasteiger charge is -2.35. The van der Waals surface area contributed by atoms with Crippen molar-refractivity contribution in [3.8, 4) is 5.82 Å². The number of benzene rings is 1. The van der Waals surface area contributed by atoms with Crippen LogP contribution in [0.25, 0.3) is 5.82 Å². The molecule has 4 heterocycles. The average Bonchev–Trinajstić information content (AvgIpc) is 3.30. The van der Waals surface area contributed by atoms with E-state index in [4.69, 9.17) is 0 Å². The van der Waals surface area contributed by atoms with E-state index in [0.717, 1.165) is 48.7 Å². The van der Waals surface area contributed by atoms with E-state index >= 15 is 0 Å². The van der Waals surface area contributed by atoms with Crippen LogP contribution in [0.3, 0.4) is 0 Å². The number of piperidine rings is 1. The van der Waals surface area contributed by atoms with E-state index in [2.05, 4.69) is 45.3 Å². The molecule has 1 aromatic carbocycles. The summed E-state index contributed by atoms with van der Waals surface area (Å²) in [5.74, 6) is 1.73. The number of rotatable bonds is 3. The molecular weight excluding hydrogens is 388 g/mol. The summed E-state index contributed by atoms with van der Waals surface area (Å²) in [5, 5.41) is 13.3.